The zero-order chi connectivity index (χ0) is 10.8. The lowest BCUT2D eigenvalue weighted by atomic mass is 10.0. The Hall–Kier alpha value is -0.520. The largest absolute Gasteiger partial charge is 0.353 e. The van der Waals surface area contributed by atoms with E-state index in [-0.39, 0.29) is 6.29 Å². The summed E-state index contributed by atoms with van der Waals surface area (Å²) in [6.45, 7) is 7.55. The van der Waals surface area contributed by atoms with E-state index >= 15 is 0 Å². The van der Waals surface area contributed by atoms with Gasteiger partial charge >= 0.3 is 0 Å². The van der Waals surface area contributed by atoms with Gasteiger partial charge in [0.05, 0.1) is 0 Å². The van der Waals surface area contributed by atoms with E-state index in [1.807, 2.05) is 13.8 Å². The van der Waals surface area contributed by atoms with Crippen LogP contribution >= 0.6 is 0 Å². The first-order chi connectivity index (χ1) is 6.74. The third-order valence-electron chi connectivity index (χ3n) is 2.08. The molecule has 82 valence electrons. The molecule has 0 fully saturated rings. The number of ether oxygens (including phenoxy) is 2. The second-order valence-corrected chi connectivity index (χ2v) is 3.42. The van der Waals surface area contributed by atoms with Gasteiger partial charge in [-0.1, -0.05) is 6.92 Å². The summed E-state index contributed by atoms with van der Waals surface area (Å²) in [5.41, 5.74) is 0. The molecule has 0 rings (SSSR count). The fourth-order valence-corrected chi connectivity index (χ4v) is 1.33. The summed E-state index contributed by atoms with van der Waals surface area (Å²) in [5.74, 6) is 3.22. The van der Waals surface area contributed by atoms with E-state index in [9.17, 15) is 0 Å². The van der Waals surface area contributed by atoms with Crippen molar-refractivity contribution in [1.29, 1.82) is 0 Å². The molecular weight excluding hydrogens is 176 g/mol. The third kappa shape index (κ3) is 6.94. The van der Waals surface area contributed by atoms with E-state index in [0.29, 0.717) is 19.1 Å². The molecule has 0 unspecified atom stereocenters. The van der Waals surface area contributed by atoms with Gasteiger partial charge in [0, 0.05) is 26.1 Å². The minimum atomic E-state index is -0.0576. The van der Waals surface area contributed by atoms with Crippen molar-refractivity contribution < 1.29 is 9.47 Å². The van der Waals surface area contributed by atoms with Crippen molar-refractivity contribution in [2.24, 2.45) is 5.92 Å². The molecule has 0 aliphatic heterocycles. The predicted molar refractivity (Wildman–Crippen MR) is 58.9 cm³/mol. The molecule has 0 spiro atoms. The Morgan fingerprint density at radius 3 is 2.21 bits per heavy atom. The molecule has 0 aromatic carbocycles. The van der Waals surface area contributed by atoms with Crippen molar-refractivity contribution in [3.63, 3.8) is 0 Å². The maximum Gasteiger partial charge on any atom is 0.157 e. The lowest BCUT2D eigenvalue weighted by Gasteiger charge is -2.20. The highest BCUT2D eigenvalue weighted by molar-refractivity contribution is 4.83. The topological polar surface area (TPSA) is 18.5 Å². The Morgan fingerprint density at radius 1 is 1.21 bits per heavy atom. The molecule has 0 saturated carbocycles. The molecule has 0 aromatic rings. The standard InChI is InChI=1S/C12H22O2/c1-5-8-9-11(4)10-12(13-6-2)14-7-3/h1,11-12H,6-10H2,2-4H3/t11-/m1/s1. The van der Waals surface area contributed by atoms with E-state index in [4.69, 9.17) is 15.9 Å². The van der Waals surface area contributed by atoms with Crippen LogP contribution in [0.15, 0.2) is 0 Å². The predicted octanol–water partition coefficient (Wildman–Crippen LogP) is 2.83. The Morgan fingerprint density at radius 2 is 1.79 bits per heavy atom. The summed E-state index contributed by atoms with van der Waals surface area (Å²) in [6.07, 6.45) is 7.98. The van der Waals surface area contributed by atoms with Crippen molar-refractivity contribution in [3.05, 3.63) is 0 Å². The zero-order valence-electron chi connectivity index (χ0n) is 9.58. The minimum Gasteiger partial charge on any atom is -0.353 e. The molecule has 0 N–H and O–H groups in total. The summed E-state index contributed by atoms with van der Waals surface area (Å²) in [7, 11) is 0. The summed E-state index contributed by atoms with van der Waals surface area (Å²) < 4.78 is 10.9. The SMILES string of the molecule is C#CCC[C@@H](C)CC(OCC)OCC. The van der Waals surface area contributed by atoms with Crippen LogP contribution in [0.3, 0.4) is 0 Å². The molecule has 0 amide bonds. The van der Waals surface area contributed by atoms with Gasteiger partial charge in [-0.15, -0.1) is 12.3 Å². The van der Waals surface area contributed by atoms with E-state index in [2.05, 4.69) is 12.8 Å². The molecule has 14 heavy (non-hydrogen) atoms. The van der Waals surface area contributed by atoms with Crippen molar-refractivity contribution in [2.45, 2.75) is 46.3 Å². The van der Waals surface area contributed by atoms with Crippen LogP contribution in [-0.4, -0.2) is 19.5 Å². The number of hydrogen-bond donors (Lipinski definition) is 0. The Kier molecular flexibility index (Phi) is 8.72. The summed E-state index contributed by atoms with van der Waals surface area (Å²) >= 11 is 0. The maximum absolute atomic E-state index is 5.46. The Labute approximate surface area is 88.0 Å². The second kappa shape index (κ2) is 9.05. The molecule has 2 nitrogen and oxygen atoms in total. The van der Waals surface area contributed by atoms with Crippen LogP contribution in [0.1, 0.15) is 40.0 Å². The Bertz CT molecular complexity index is 154. The van der Waals surface area contributed by atoms with Gasteiger partial charge < -0.3 is 9.47 Å². The molecular formula is C12H22O2. The third-order valence-corrected chi connectivity index (χ3v) is 2.08. The van der Waals surface area contributed by atoms with E-state index in [1.165, 1.54) is 0 Å². The van der Waals surface area contributed by atoms with Crippen molar-refractivity contribution in [1.82, 2.24) is 0 Å². The minimum absolute atomic E-state index is 0.0576. The molecule has 0 heterocycles. The maximum atomic E-state index is 5.46. The van der Waals surface area contributed by atoms with Gasteiger partial charge in [-0.3, -0.25) is 0 Å². The van der Waals surface area contributed by atoms with Gasteiger partial charge in [0.15, 0.2) is 6.29 Å². The highest BCUT2D eigenvalue weighted by atomic mass is 16.7. The van der Waals surface area contributed by atoms with Gasteiger partial charge in [0.25, 0.3) is 0 Å². The average molecular weight is 198 g/mol. The second-order valence-electron chi connectivity index (χ2n) is 3.42. The molecule has 0 aliphatic rings. The van der Waals surface area contributed by atoms with Crippen LogP contribution in [-0.2, 0) is 9.47 Å². The fourth-order valence-electron chi connectivity index (χ4n) is 1.33. The number of rotatable bonds is 8. The number of hydrogen-bond acceptors (Lipinski definition) is 2. The molecule has 0 bridgehead atoms. The first-order valence-electron chi connectivity index (χ1n) is 5.41. The smallest absolute Gasteiger partial charge is 0.157 e. The quantitative estimate of drug-likeness (QED) is 0.441. The van der Waals surface area contributed by atoms with Gasteiger partial charge in [0.2, 0.25) is 0 Å². The van der Waals surface area contributed by atoms with Gasteiger partial charge in [-0.25, -0.2) is 0 Å². The van der Waals surface area contributed by atoms with Crippen molar-refractivity contribution in [3.8, 4) is 12.3 Å². The normalized spacial score (nSPS) is 12.8. The zero-order valence-corrected chi connectivity index (χ0v) is 9.58. The molecule has 0 radical (unpaired) electrons. The van der Waals surface area contributed by atoms with Gasteiger partial charge in [-0.2, -0.15) is 0 Å². The molecule has 0 aromatic heterocycles. The van der Waals surface area contributed by atoms with Crippen molar-refractivity contribution in [2.75, 3.05) is 13.2 Å². The van der Waals surface area contributed by atoms with Gasteiger partial charge in [0.1, 0.15) is 0 Å². The molecule has 1 atom stereocenters. The van der Waals surface area contributed by atoms with E-state index < -0.39 is 0 Å². The van der Waals surface area contributed by atoms with E-state index in [1.54, 1.807) is 0 Å². The van der Waals surface area contributed by atoms with Crippen LogP contribution in [0, 0.1) is 18.3 Å². The van der Waals surface area contributed by atoms with E-state index in [0.717, 1.165) is 19.3 Å². The molecule has 0 aliphatic carbocycles. The Balaban J connectivity index is 3.71. The fraction of sp³-hybridized carbons (Fsp3) is 0.833. The van der Waals surface area contributed by atoms with Crippen LogP contribution < -0.4 is 0 Å². The van der Waals surface area contributed by atoms with Crippen LogP contribution in [0.4, 0.5) is 0 Å². The highest BCUT2D eigenvalue weighted by Gasteiger charge is 2.12. The average Bonchev–Trinajstić information content (AvgIpc) is 2.15. The monoisotopic (exact) mass is 198 g/mol. The van der Waals surface area contributed by atoms with Crippen LogP contribution in [0.5, 0.6) is 0 Å². The van der Waals surface area contributed by atoms with Crippen molar-refractivity contribution >= 4 is 0 Å². The highest BCUT2D eigenvalue weighted by Crippen LogP contribution is 2.15. The lowest BCUT2D eigenvalue weighted by molar-refractivity contribution is -0.145. The summed E-state index contributed by atoms with van der Waals surface area (Å²) in [4.78, 5) is 0. The summed E-state index contributed by atoms with van der Waals surface area (Å²) in [6, 6.07) is 0. The first-order valence-corrected chi connectivity index (χ1v) is 5.41. The van der Waals surface area contributed by atoms with Gasteiger partial charge in [-0.05, 0) is 26.2 Å². The summed E-state index contributed by atoms with van der Waals surface area (Å²) in [5, 5.41) is 0. The molecule has 0 saturated heterocycles. The first kappa shape index (κ1) is 13.5. The van der Waals surface area contributed by atoms with Crippen LogP contribution in [0.25, 0.3) is 0 Å². The number of terminal acetylenes is 1. The molecule has 2 heteroatoms. The lowest BCUT2D eigenvalue weighted by Crippen LogP contribution is -2.20. The van der Waals surface area contributed by atoms with Crippen LogP contribution in [0.2, 0.25) is 0 Å².